The highest BCUT2D eigenvalue weighted by Crippen LogP contribution is 2.09. The zero-order valence-electron chi connectivity index (χ0n) is 14.7. The van der Waals surface area contributed by atoms with Gasteiger partial charge in [-0.2, -0.15) is 4.99 Å². The second kappa shape index (κ2) is 8.55. The van der Waals surface area contributed by atoms with Crippen LogP contribution in [0, 0.1) is 5.82 Å². The Morgan fingerprint density at radius 1 is 1.15 bits per heavy atom. The molecule has 0 aliphatic carbocycles. The van der Waals surface area contributed by atoms with Crippen molar-refractivity contribution in [2.45, 2.75) is 20.0 Å². The average Bonchev–Trinajstić information content (AvgIpc) is 3.09. The Balaban J connectivity index is 1.77. The highest BCUT2D eigenvalue weighted by molar-refractivity contribution is 7.07. The Bertz CT molecular complexity index is 1020. The molecule has 138 valence electrons. The zero-order chi connectivity index (χ0) is 19.2. The van der Waals surface area contributed by atoms with Gasteiger partial charge in [0.2, 0.25) is 5.91 Å². The summed E-state index contributed by atoms with van der Waals surface area (Å²) in [5.41, 5.74) is 1.88. The van der Waals surface area contributed by atoms with Crippen LogP contribution in [0.4, 0.5) is 4.39 Å². The minimum absolute atomic E-state index is 0.109. The van der Waals surface area contributed by atoms with E-state index in [1.165, 1.54) is 24.3 Å². The third kappa shape index (κ3) is 4.98. The number of benzene rings is 2. The molecule has 1 aromatic heterocycles. The number of amides is 2. The molecule has 0 aliphatic heterocycles. The lowest BCUT2D eigenvalue weighted by molar-refractivity contribution is -0.119. The van der Waals surface area contributed by atoms with Crippen molar-refractivity contribution in [1.29, 1.82) is 0 Å². The van der Waals surface area contributed by atoms with Crippen molar-refractivity contribution in [1.82, 2.24) is 9.88 Å². The third-order valence-electron chi connectivity index (χ3n) is 3.90. The summed E-state index contributed by atoms with van der Waals surface area (Å²) in [4.78, 5) is 28.1. The molecule has 7 heteroatoms. The van der Waals surface area contributed by atoms with Crippen molar-refractivity contribution in [2.24, 2.45) is 4.99 Å². The molecule has 0 bridgehead atoms. The molecule has 2 aromatic carbocycles. The molecular weight excluding hydrogens is 365 g/mol. The Kier molecular flexibility index (Phi) is 5.93. The fourth-order valence-electron chi connectivity index (χ4n) is 2.46. The van der Waals surface area contributed by atoms with Gasteiger partial charge in [0.15, 0.2) is 4.80 Å². The zero-order valence-corrected chi connectivity index (χ0v) is 15.5. The van der Waals surface area contributed by atoms with Crippen LogP contribution in [0.2, 0.25) is 0 Å². The molecule has 0 aliphatic rings. The largest absolute Gasteiger partial charge is 0.352 e. The Morgan fingerprint density at radius 3 is 2.59 bits per heavy atom. The first-order chi connectivity index (χ1) is 13.0. The summed E-state index contributed by atoms with van der Waals surface area (Å²) in [7, 11) is 0. The SMILES string of the molecule is CC(=O)NCc1ccc(C(=O)N=c2sccn2Cc2ccccc2F)cc1. The van der Waals surface area contributed by atoms with Gasteiger partial charge < -0.3 is 9.88 Å². The van der Waals surface area contributed by atoms with Gasteiger partial charge in [-0.05, 0) is 23.8 Å². The number of hydrogen-bond donors (Lipinski definition) is 1. The Hall–Kier alpha value is -3.06. The molecule has 1 N–H and O–H groups in total. The van der Waals surface area contributed by atoms with Gasteiger partial charge in [0.25, 0.3) is 5.91 Å². The lowest BCUT2D eigenvalue weighted by atomic mass is 10.1. The first-order valence-corrected chi connectivity index (χ1v) is 9.20. The van der Waals surface area contributed by atoms with E-state index in [2.05, 4.69) is 10.3 Å². The summed E-state index contributed by atoms with van der Waals surface area (Å²) < 4.78 is 15.6. The quantitative estimate of drug-likeness (QED) is 0.736. The fraction of sp³-hybridized carbons (Fsp3) is 0.150. The molecule has 0 saturated carbocycles. The summed E-state index contributed by atoms with van der Waals surface area (Å²) in [5.74, 6) is -0.767. The van der Waals surface area contributed by atoms with Gasteiger partial charge in [0.1, 0.15) is 5.82 Å². The number of rotatable bonds is 5. The second-order valence-corrected chi connectivity index (χ2v) is 6.80. The molecule has 2 amide bonds. The first kappa shape index (κ1) is 18.7. The van der Waals surface area contributed by atoms with Gasteiger partial charge in [-0.15, -0.1) is 11.3 Å². The van der Waals surface area contributed by atoms with E-state index >= 15 is 0 Å². The normalized spacial score (nSPS) is 11.4. The van der Waals surface area contributed by atoms with Crippen molar-refractivity contribution in [3.05, 3.63) is 87.4 Å². The van der Waals surface area contributed by atoms with E-state index < -0.39 is 0 Å². The summed E-state index contributed by atoms with van der Waals surface area (Å²) in [6.07, 6.45) is 1.78. The molecule has 5 nitrogen and oxygen atoms in total. The number of aromatic nitrogens is 1. The van der Waals surface area contributed by atoms with Gasteiger partial charge >= 0.3 is 0 Å². The monoisotopic (exact) mass is 383 g/mol. The lowest BCUT2D eigenvalue weighted by Crippen LogP contribution is -2.19. The van der Waals surface area contributed by atoms with E-state index in [4.69, 9.17) is 0 Å². The number of nitrogens with zero attached hydrogens (tertiary/aromatic N) is 2. The van der Waals surface area contributed by atoms with E-state index in [0.717, 1.165) is 5.56 Å². The minimum Gasteiger partial charge on any atom is -0.352 e. The Labute approximate surface area is 159 Å². The van der Waals surface area contributed by atoms with Crippen LogP contribution >= 0.6 is 11.3 Å². The summed E-state index contributed by atoms with van der Waals surface area (Å²) in [6, 6.07) is 13.4. The maximum Gasteiger partial charge on any atom is 0.279 e. The van der Waals surface area contributed by atoms with Crippen molar-refractivity contribution >= 4 is 23.2 Å². The molecule has 3 rings (SSSR count). The van der Waals surface area contributed by atoms with Gasteiger partial charge in [0.05, 0.1) is 6.54 Å². The fourth-order valence-corrected chi connectivity index (χ4v) is 3.19. The highest BCUT2D eigenvalue weighted by Gasteiger charge is 2.07. The van der Waals surface area contributed by atoms with Crippen LogP contribution in [0.25, 0.3) is 0 Å². The topological polar surface area (TPSA) is 63.5 Å². The molecular formula is C20H18FN3O2S. The van der Waals surface area contributed by atoms with Gasteiger partial charge in [0, 0.05) is 36.2 Å². The molecule has 0 atom stereocenters. The number of nitrogens with one attached hydrogen (secondary N) is 1. The van der Waals surface area contributed by atoms with E-state index in [1.807, 2.05) is 5.38 Å². The van der Waals surface area contributed by atoms with E-state index in [1.54, 1.807) is 53.2 Å². The molecule has 0 radical (unpaired) electrons. The van der Waals surface area contributed by atoms with Crippen molar-refractivity contribution < 1.29 is 14.0 Å². The van der Waals surface area contributed by atoms with E-state index in [-0.39, 0.29) is 17.6 Å². The van der Waals surface area contributed by atoms with Crippen LogP contribution < -0.4 is 10.1 Å². The van der Waals surface area contributed by atoms with Crippen LogP contribution in [0.3, 0.4) is 0 Å². The predicted molar refractivity (Wildman–Crippen MR) is 102 cm³/mol. The smallest absolute Gasteiger partial charge is 0.279 e. The van der Waals surface area contributed by atoms with Gasteiger partial charge in [-0.25, -0.2) is 4.39 Å². The van der Waals surface area contributed by atoms with Crippen molar-refractivity contribution in [3.8, 4) is 0 Å². The molecule has 3 aromatic rings. The third-order valence-corrected chi connectivity index (χ3v) is 4.69. The predicted octanol–water partition coefficient (Wildman–Crippen LogP) is 3.11. The molecule has 27 heavy (non-hydrogen) atoms. The molecule has 0 fully saturated rings. The maximum absolute atomic E-state index is 13.9. The van der Waals surface area contributed by atoms with Crippen LogP contribution in [0.15, 0.2) is 65.1 Å². The van der Waals surface area contributed by atoms with Gasteiger partial charge in [-0.1, -0.05) is 30.3 Å². The van der Waals surface area contributed by atoms with E-state index in [9.17, 15) is 14.0 Å². The van der Waals surface area contributed by atoms with Crippen molar-refractivity contribution in [3.63, 3.8) is 0 Å². The number of carbonyl (C=O) groups is 2. The highest BCUT2D eigenvalue weighted by atomic mass is 32.1. The van der Waals surface area contributed by atoms with E-state index in [0.29, 0.717) is 29.0 Å². The van der Waals surface area contributed by atoms with Crippen molar-refractivity contribution in [2.75, 3.05) is 0 Å². The summed E-state index contributed by atoms with van der Waals surface area (Å²) in [6.45, 7) is 2.17. The average molecular weight is 383 g/mol. The van der Waals surface area contributed by atoms with Crippen LogP contribution in [-0.2, 0) is 17.9 Å². The summed E-state index contributed by atoms with van der Waals surface area (Å²) >= 11 is 1.32. The first-order valence-electron chi connectivity index (χ1n) is 8.33. The van der Waals surface area contributed by atoms with Crippen LogP contribution in [0.5, 0.6) is 0 Å². The van der Waals surface area contributed by atoms with Gasteiger partial charge in [-0.3, -0.25) is 9.59 Å². The lowest BCUT2D eigenvalue weighted by Gasteiger charge is -2.05. The maximum atomic E-state index is 13.9. The standard InChI is InChI=1S/C20H18FN3O2S/c1-14(25)22-12-15-6-8-16(9-7-15)19(26)23-20-24(10-11-27-20)13-17-4-2-3-5-18(17)21/h2-11H,12-13H2,1H3,(H,22,25). The second-order valence-electron chi connectivity index (χ2n) is 5.93. The minimum atomic E-state index is -0.370. The Morgan fingerprint density at radius 2 is 1.89 bits per heavy atom. The van der Waals surface area contributed by atoms with Crippen LogP contribution in [-0.4, -0.2) is 16.4 Å². The van der Waals surface area contributed by atoms with Crippen LogP contribution in [0.1, 0.15) is 28.4 Å². The molecule has 0 unspecified atom stereocenters. The molecule has 1 heterocycles. The number of carbonyl (C=O) groups excluding carboxylic acids is 2. The summed E-state index contributed by atoms with van der Waals surface area (Å²) in [5, 5.41) is 4.51. The molecule has 0 spiro atoms. The number of halogens is 1. The molecule has 0 saturated heterocycles. The number of hydrogen-bond acceptors (Lipinski definition) is 3. The number of thiazole rings is 1.